The molecule has 0 saturated carbocycles. The van der Waals surface area contributed by atoms with Gasteiger partial charge in [-0.2, -0.15) is 0 Å². The van der Waals surface area contributed by atoms with Crippen LogP contribution in [-0.4, -0.2) is 60.7 Å². The van der Waals surface area contributed by atoms with Crippen LogP contribution in [0.15, 0.2) is 24.3 Å². The highest BCUT2D eigenvalue weighted by atomic mass is 16.5. The summed E-state index contributed by atoms with van der Waals surface area (Å²) in [5.74, 6) is 1.58. The van der Waals surface area contributed by atoms with Crippen molar-refractivity contribution < 1.29 is 14.3 Å². The van der Waals surface area contributed by atoms with Gasteiger partial charge in [0.05, 0.1) is 12.7 Å². The molecule has 4 rings (SSSR count). The number of benzene rings is 1. The number of amides is 1. The number of carbonyl (C=O) groups is 1. The molecule has 3 fully saturated rings. The Morgan fingerprint density at radius 1 is 1.19 bits per heavy atom. The van der Waals surface area contributed by atoms with Crippen molar-refractivity contribution in [1.29, 1.82) is 0 Å². The molecule has 3 aliphatic rings. The van der Waals surface area contributed by atoms with E-state index in [9.17, 15) is 4.79 Å². The summed E-state index contributed by atoms with van der Waals surface area (Å²) in [5, 5.41) is 0. The van der Waals surface area contributed by atoms with Crippen molar-refractivity contribution in [2.75, 3.05) is 33.3 Å². The third-order valence-electron chi connectivity index (χ3n) is 6.75. The quantitative estimate of drug-likeness (QED) is 0.815. The molecule has 0 aromatic heterocycles. The summed E-state index contributed by atoms with van der Waals surface area (Å²) in [6.07, 6.45) is 5.00. The first-order chi connectivity index (χ1) is 13.1. The van der Waals surface area contributed by atoms with Crippen LogP contribution in [0.1, 0.15) is 44.6 Å². The summed E-state index contributed by atoms with van der Waals surface area (Å²) in [7, 11) is 1.70. The Kier molecular flexibility index (Phi) is 5.42. The number of hydrogen-bond donors (Lipinski definition) is 0. The van der Waals surface area contributed by atoms with Gasteiger partial charge in [-0.05, 0) is 55.7 Å². The number of carbonyl (C=O) groups excluding carboxylic acids is 1. The first kappa shape index (κ1) is 18.8. The Labute approximate surface area is 162 Å². The molecular weight excluding hydrogens is 340 g/mol. The third-order valence-corrected chi connectivity index (χ3v) is 6.75. The van der Waals surface area contributed by atoms with Crippen LogP contribution < -0.4 is 4.74 Å². The van der Waals surface area contributed by atoms with Crippen molar-refractivity contribution in [3.8, 4) is 5.75 Å². The smallest absolute Gasteiger partial charge is 0.251 e. The summed E-state index contributed by atoms with van der Waals surface area (Å²) in [6.45, 7) is 7.13. The molecule has 0 aliphatic carbocycles. The number of nitrogens with zero attached hydrogens (tertiary/aromatic N) is 2. The lowest BCUT2D eigenvalue weighted by Gasteiger charge is -2.44. The highest BCUT2D eigenvalue weighted by Gasteiger charge is 2.49. The van der Waals surface area contributed by atoms with Gasteiger partial charge in [-0.25, -0.2) is 0 Å². The Morgan fingerprint density at radius 2 is 1.93 bits per heavy atom. The normalized spacial score (nSPS) is 31.6. The molecule has 1 aromatic carbocycles. The maximum Gasteiger partial charge on any atom is 0.251 e. The average molecular weight is 373 g/mol. The minimum Gasteiger partial charge on any atom is -0.497 e. The van der Waals surface area contributed by atoms with E-state index in [1.165, 1.54) is 5.56 Å². The second-order valence-electron chi connectivity index (χ2n) is 8.48. The fourth-order valence-corrected chi connectivity index (χ4v) is 5.01. The van der Waals surface area contributed by atoms with Gasteiger partial charge in [-0.15, -0.1) is 0 Å². The van der Waals surface area contributed by atoms with Crippen LogP contribution in [0, 0.1) is 5.92 Å². The van der Waals surface area contributed by atoms with Gasteiger partial charge in [0.2, 0.25) is 0 Å². The van der Waals surface area contributed by atoms with Crippen molar-refractivity contribution in [3.05, 3.63) is 29.8 Å². The maximum atomic E-state index is 12.7. The van der Waals surface area contributed by atoms with Crippen LogP contribution in [-0.2, 0) is 16.1 Å². The summed E-state index contributed by atoms with van der Waals surface area (Å²) < 4.78 is 11.7. The maximum absolute atomic E-state index is 12.7. The van der Waals surface area contributed by atoms with Crippen molar-refractivity contribution in [2.24, 2.45) is 5.92 Å². The van der Waals surface area contributed by atoms with Gasteiger partial charge < -0.3 is 14.4 Å². The van der Waals surface area contributed by atoms with Gasteiger partial charge in [0.1, 0.15) is 11.9 Å². The van der Waals surface area contributed by atoms with Crippen LogP contribution >= 0.6 is 0 Å². The van der Waals surface area contributed by atoms with E-state index in [2.05, 4.69) is 24.0 Å². The minimum atomic E-state index is -0.210. The average Bonchev–Trinajstić information content (AvgIpc) is 3.36. The summed E-state index contributed by atoms with van der Waals surface area (Å²) in [4.78, 5) is 17.2. The van der Waals surface area contributed by atoms with Gasteiger partial charge in [-0.1, -0.05) is 19.1 Å². The number of hydrogen-bond acceptors (Lipinski definition) is 4. The van der Waals surface area contributed by atoms with Crippen molar-refractivity contribution >= 4 is 5.91 Å². The molecule has 27 heavy (non-hydrogen) atoms. The van der Waals surface area contributed by atoms with Gasteiger partial charge in [-0.3, -0.25) is 9.69 Å². The molecule has 3 atom stereocenters. The van der Waals surface area contributed by atoms with E-state index >= 15 is 0 Å². The van der Waals surface area contributed by atoms with Crippen LogP contribution in [0.5, 0.6) is 5.75 Å². The molecule has 1 aromatic rings. The van der Waals surface area contributed by atoms with E-state index in [4.69, 9.17) is 9.47 Å². The van der Waals surface area contributed by atoms with Gasteiger partial charge >= 0.3 is 0 Å². The predicted octanol–water partition coefficient (Wildman–Crippen LogP) is 3.08. The molecule has 1 spiro atoms. The Hall–Kier alpha value is -1.59. The molecule has 148 valence electrons. The van der Waals surface area contributed by atoms with Gasteiger partial charge in [0, 0.05) is 32.7 Å². The molecule has 0 radical (unpaired) electrons. The van der Waals surface area contributed by atoms with E-state index in [1.807, 2.05) is 17.0 Å². The Balaban J connectivity index is 1.33. The summed E-state index contributed by atoms with van der Waals surface area (Å²) in [6, 6.07) is 8.34. The molecule has 3 heterocycles. The Bertz CT molecular complexity index is 656. The molecule has 5 nitrogen and oxygen atoms in total. The van der Waals surface area contributed by atoms with Crippen molar-refractivity contribution in [1.82, 2.24) is 9.80 Å². The zero-order valence-electron chi connectivity index (χ0n) is 16.7. The van der Waals surface area contributed by atoms with Crippen LogP contribution in [0.25, 0.3) is 0 Å². The third kappa shape index (κ3) is 3.85. The lowest BCUT2D eigenvalue weighted by molar-refractivity contribution is -0.156. The van der Waals surface area contributed by atoms with E-state index < -0.39 is 0 Å². The molecule has 1 amide bonds. The highest BCUT2D eigenvalue weighted by molar-refractivity contribution is 5.81. The second kappa shape index (κ2) is 7.80. The molecule has 5 heteroatoms. The Morgan fingerprint density at radius 3 is 2.59 bits per heavy atom. The van der Waals surface area contributed by atoms with Crippen LogP contribution in [0.3, 0.4) is 0 Å². The fraction of sp³-hybridized carbons (Fsp3) is 0.682. The van der Waals surface area contributed by atoms with Gasteiger partial charge in [0.15, 0.2) is 0 Å². The largest absolute Gasteiger partial charge is 0.497 e. The summed E-state index contributed by atoms with van der Waals surface area (Å²) >= 11 is 0. The molecule has 0 N–H and O–H groups in total. The van der Waals surface area contributed by atoms with E-state index in [0.29, 0.717) is 5.92 Å². The topological polar surface area (TPSA) is 42.0 Å². The van der Waals surface area contributed by atoms with Gasteiger partial charge in [0.25, 0.3) is 5.91 Å². The molecular formula is C22H32N2O3. The molecule has 0 unspecified atom stereocenters. The lowest BCUT2D eigenvalue weighted by Crippen LogP contribution is -2.51. The fourth-order valence-electron chi connectivity index (χ4n) is 5.01. The monoisotopic (exact) mass is 372 g/mol. The van der Waals surface area contributed by atoms with Crippen molar-refractivity contribution in [2.45, 2.75) is 57.3 Å². The number of ether oxygens (including phenoxy) is 2. The number of methoxy groups -OCH3 is 1. The molecule has 3 aliphatic heterocycles. The van der Waals surface area contributed by atoms with Crippen LogP contribution in [0.4, 0.5) is 0 Å². The number of piperidine rings is 1. The van der Waals surface area contributed by atoms with E-state index in [1.54, 1.807) is 7.11 Å². The number of rotatable bonds is 4. The van der Waals surface area contributed by atoms with E-state index in [-0.39, 0.29) is 17.6 Å². The first-order valence-corrected chi connectivity index (χ1v) is 10.4. The van der Waals surface area contributed by atoms with E-state index in [0.717, 1.165) is 70.6 Å². The number of likely N-dealkylation sites (tertiary alicyclic amines) is 2. The first-order valence-electron chi connectivity index (χ1n) is 10.4. The van der Waals surface area contributed by atoms with Crippen molar-refractivity contribution in [3.63, 3.8) is 0 Å². The molecule has 3 saturated heterocycles. The zero-order valence-corrected chi connectivity index (χ0v) is 16.7. The van der Waals surface area contributed by atoms with Crippen LogP contribution in [0.2, 0.25) is 0 Å². The lowest BCUT2D eigenvalue weighted by atomic mass is 9.80. The minimum absolute atomic E-state index is 0.101. The highest BCUT2D eigenvalue weighted by Crippen LogP contribution is 2.43. The SMILES string of the molecule is COc1ccc(CN2CC[C@]3(CC[C@@H](C(=O)N4CCCC4)O3)[C@@H](C)C2)cc1. The molecule has 0 bridgehead atoms. The second-order valence-corrected chi connectivity index (χ2v) is 8.48. The standard InChI is InChI=1S/C22H32N2O3/c1-17-15-23(16-18-5-7-19(26-2)8-6-18)14-11-22(17)10-9-20(27-22)21(25)24-12-3-4-13-24/h5-8,17,20H,3-4,9-16H2,1-2H3/t17-,20-,22+/m0/s1. The summed E-state index contributed by atoms with van der Waals surface area (Å²) in [5.41, 5.74) is 1.21. The predicted molar refractivity (Wildman–Crippen MR) is 105 cm³/mol. The zero-order chi connectivity index (χ0) is 18.9.